The summed E-state index contributed by atoms with van der Waals surface area (Å²) in [7, 11) is 0. The summed E-state index contributed by atoms with van der Waals surface area (Å²) < 4.78 is 1.07. The molecule has 7 heteroatoms. The predicted molar refractivity (Wildman–Crippen MR) is 142 cm³/mol. The van der Waals surface area contributed by atoms with Crippen molar-refractivity contribution in [3.05, 3.63) is 72.7 Å². The second-order valence-corrected chi connectivity index (χ2v) is 9.93. The van der Waals surface area contributed by atoms with Crippen molar-refractivity contribution in [3.63, 3.8) is 0 Å². The molecule has 0 bridgehead atoms. The third-order valence-corrected chi connectivity index (χ3v) is 7.68. The quantitative estimate of drug-likeness (QED) is 0.252. The standard InChI is InChI=1S/C27H28N6S/c1-2-13-33(12-1)14-11-28-17-19-3-5-20(6-4-19)25-16-24-26(34-25)27(31-18-30-24)32-22-7-8-23-21(15-22)9-10-29-23/h3-10,15-16,18,28-29H,1-2,11-14,17H2,(H,30,31,32). The maximum atomic E-state index is 4.53. The summed E-state index contributed by atoms with van der Waals surface area (Å²) in [5, 5.41) is 8.24. The van der Waals surface area contributed by atoms with Crippen LogP contribution in [0, 0.1) is 0 Å². The van der Waals surface area contributed by atoms with Gasteiger partial charge in [0.05, 0.1) is 10.2 Å². The molecule has 2 aromatic carbocycles. The number of aromatic nitrogens is 3. The third-order valence-electron chi connectivity index (χ3n) is 6.50. The van der Waals surface area contributed by atoms with E-state index in [9.17, 15) is 0 Å². The van der Waals surface area contributed by atoms with Gasteiger partial charge in [0.2, 0.25) is 0 Å². The van der Waals surface area contributed by atoms with Crippen LogP contribution in [-0.2, 0) is 6.54 Å². The zero-order chi connectivity index (χ0) is 22.7. The first-order valence-corrected chi connectivity index (χ1v) is 12.7. The molecule has 3 N–H and O–H groups in total. The predicted octanol–water partition coefficient (Wildman–Crippen LogP) is 5.77. The molecule has 0 saturated carbocycles. The minimum absolute atomic E-state index is 0.843. The normalized spacial score (nSPS) is 14.4. The van der Waals surface area contributed by atoms with Crippen LogP contribution in [-0.4, -0.2) is 46.0 Å². The summed E-state index contributed by atoms with van der Waals surface area (Å²) in [6.45, 7) is 5.62. The highest BCUT2D eigenvalue weighted by Gasteiger charge is 2.12. The Kier molecular flexibility index (Phi) is 5.97. The second kappa shape index (κ2) is 9.54. The number of nitrogens with zero attached hydrogens (tertiary/aromatic N) is 3. The zero-order valence-electron chi connectivity index (χ0n) is 19.1. The minimum Gasteiger partial charge on any atom is -0.361 e. The molecule has 1 saturated heterocycles. The first-order valence-electron chi connectivity index (χ1n) is 11.9. The molecule has 3 aromatic heterocycles. The number of thiophene rings is 1. The van der Waals surface area contributed by atoms with Crippen LogP contribution in [0.3, 0.4) is 0 Å². The van der Waals surface area contributed by atoms with Gasteiger partial charge in [0.25, 0.3) is 0 Å². The molecule has 4 heterocycles. The highest BCUT2D eigenvalue weighted by Crippen LogP contribution is 2.36. The molecule has 1 aliphatic rings. The van der Waals surface area contributed by atoms with Crippen LogP contribution >= 0.6 is 11.3 Å². The van der Waals surface area contributed by atoms with Gasteiger partial charge in [-0.2, -0.15) is 0 Å². The van der Waals surface area contributed by atoms with E-state index in [1.165, 1.54) is 47.3 Å². The average Bonchev–Trinajstić information content (AvgIpc) is 3.63. The van der Waals surface area contributed by atoms with E-state index in [4.69, 9.17) is 0 Å². The lowest BCUT2D eigenvalue weighted by atomic mass is 10.1. The molecule has 1 fully saturated rings. The Morgan fingerprint density at radius 1 is 0.971 bits per heavy atom. The van der Waals surface area contributed by atoms with Gasteiger partial charge < -0.3 is 20.5 Å². The number of benzene rings is 2. The highest BCUT2D eigenvalue weighted by molar-refractivity contribution is 7.22. The lowest BCUT2D eigenvalue weighted by molar-refractivity contribution is 0.335. The summed E-state index contributed by atoms with van der Waals surface area (Å²) in [4.78, 5) is 16.0. The number of aromatic amines is 1. The Balaban J connectivity index is 1.15. The van der Waals surface area contributed by atoms with Gasteiger partial charge in [-0.15, -0.1) is 11.3 Å². The van der Waals surface area contributed by atoms with Crippen LogP contribution in [0.25, 0.3) is 31.6 Å². The van der Waals surface area contributed by atoms with E-state index in [0.717, 1.165) is 46.9 Å². The smallest absolute Gasteiger partial charge is 0.151 e. The van der Waals surface area contributed by atoms with Crippen molar-refractivity contribution in [3.8, 4) is 10.4 Å². The van der Waals surface area contributed by atoms with E-state index >= 15 is 0 Å². The second-order valence-electron chi connectivity index (χ2n) is 8.87. The molecular formula is C27H28N6S. The number of hydrogen-bond acceptors (Lipinski definition) is 6. The van der Waals surface area contributed by atoms with Gasteiger partial charge >= 0.3 is 0 Å². The van der Waals surface area contributed by atoms with Crippen molar-refractivity contribution >= 4 is 44.0 Å². The lowest BCUT2D eigenvalue weighted by Gasteiger charge is -2.14. The summed E-state index contributed by atoms with van der Waals surface area (Å²) in [6, 6.07) is 19.4. The van der Waals surface area contributed by atoms with Crippen LogP contribution in [0.4, 0.5) is 11.5 Å². The summed E-state index contributed by atoms with van der Waals surface area (Å²) in [6.07, 6.45) is 6.29. The Labute approximate surface area is 203 Å². The molecule has 172 valence electrons. The lowest BCUT2D eigenvalue weighted by Crippen LogP contribution is -2.29. The van der Waals surface area contributed by atoms with Gasteiger partial charge in [-0.1, -0.05) is 24.3 Å². The first kappa shape index (κ1) is 21.3. The number of likely N-dealkylation sites (tertiary alicyclic amines) is 1. The van der Waals surface area contributed by atoms with E-state index in [2.05, 4.69) is 85.1 Å². The number of hydrogen-bond donors (Lipinski definition) is 3. The third kappa shape index (κ3) is 4.55. The number of fused-ring (bicyclic) bond motifs is 2. The molecule has 6 rings (SSSR count). The maximum Gasteiger partial charge on any atom is 0.151 e. The van der Waals surface area contributed by atoms with Crippen LogP contribution in [0.5, 0.6) is 0 Å². The Bertz CT molecular complexity index is 1400. The largest absolute Gasteiger partial charge is 0.361 e. The number of nitrogens with one attached hydrogen (secondary N) is 3. The molecule has 6 nitrogen and oxygen atoms in total. The zero-order valence-corrected chi connectivity index (χ0v) is 19.9. The molecule has 5 aromatic rings. The molecule has 0 radical (unpaired) electrons. The molecule has 0 spiro atoms. The van der Waals surface area contributed by atoms with Gasteiger partial charge in [0, 0.05) is 47.3 Å². The van der Waals surface area contributed by atoms with Gasteiger partial charge in [0.1, 0.15) is 6.33 Å². The minimum atomic E-state index is 0.843. The van der Waals surface area contributed by atoms with Gasteiger partial charge in [-0.25, -0.2) is 9.97 Å². The maximum absolute atomic E-state index is 4.53. The Hall–Kier alpha value is -3.26. The fourth-order valence-corrected chi connectivity index (χ4v) is 5.68. The van der Waals surface area contributed by atoms with Crippen LogP contribution < -0.4 is 10.6 Å². The van der Waals surface area contributed by atoms with Crippen LogP contribution in [0.2, 0.25) is 0 Å². The molecule has 0 unspecified atom stereocenters. The monoisotopic (exact) mass is 468 g/mol. The van der Waals surface area contributed by atoms with Crippen molar-refractivity contribution in [1.82, 2.24) is 25.2 Å². The van der Waals surface area contributed by atoms with Gasteiger partial charge in [0.15, 0.2) is 5.82 Å². The fourth-order valence-electron chi connectivity index (χ4n) is 4.62. The highest BCUT2D eigenvalue weighted by atomic mass is 32.1. The summed E-state index contributed by atoms with van der Waals surface area (Å²) in [5.74, 6) is 0.843. The van der Waals surface area contributed by atoms with Crippen molar-refractivity contribution < 1.29 is 0 Å². The van der Waals surface area contributed by atoms with Gasteiger partial charge in [-0.3, -0.25) is 0 Å². The van der Waals surface area contributed by atoms with Crippen LogP contribution in [0.15, 0.2) is 67.1 Å². The number of anilines is 2. The van der Waals surface area contributed by atoms with Crippen molar-refractivity contribution in [2.45, 2.75) is 19.4 Å². The Morgan fingerprint density at radius 3 is 2.74 bits per heavy atom. The van der Waals surface area contributed by atoms with E-state index in [1.807, 2.05) is 6.20 Å². The van der Waals surface area contributed by atoms with Gasteiger partial charge in [-0.05, 0) is 67.4 Å². The molecule has 1 aliphatic heterocycles. The molecule has 0 amide bonds. The summed E-state index contributed by atoms with van der Waals surface area (Å²) in [5.41, 5.74) is 5.63. The topological polar surface area (TPSA) is 68.9 Å². The average molecular weight is 469 g/mol. The SMILES string of the molecule is c1nc(Nc2ccc3[nH]ccc3c2)c2sc(-c3ccc(CNCCN4CCCC4)cc3)cc2n1. The van der Waals surface area contributed by atoms with Crippen molar-refractivity contribution in [1.29, 1.82) is 0 Å². The summed E-state index contributed by atoms with van der Waals surface area (Å²) >= 11 is 1.73. The molecule has 34 heavy (non-hydrogen) atoms. The van der Waals surface area contributed by atoms with E-state index in [-0.39, 0.29) is 0 Å². The molecule has 0 atom stereocenters. The van der Waals surface area contributed by atoms with Crippen LogP contribution in [0.1, 0.15) is 18.4 Å². The van der Waals surface area contributed by atoms with E-state index < -0.39 is 0 Å². The van der Waals surface area contributed by atoms with Crippen molar-refractivity contribution in [2.75, 3.05) is 31.5 Å². The fraction of sp³-hybridized carbons (Fsp3) is 0.259. The van der Waals surface area contributed by atoms with E-state index in [0.29, 0.717) is 0 Å². The molecular weight excluding hydrogens is 440 g/mol. The van der Waals surface area contributed by atoms with Crippen molar-refractivity contribution in [2.24, 2.45) is 0 Å². The molecule has 0 aliphatic carbocycles. The number of H-pyrrole nitrogens is 1. The number of rotatable bonds is 8. The Morgan fingerprint density at radius 2 is 1.85 bits per heavy atom. The van der Waals surface area contributed by atoms with E-state index in [1.54, 1.807) is 17.7 Å². The first-order chi connectivity index (χ1) is 16.8.